The van der Waals surface area contributed by atoms with Gasteiger partial charge in [0.05, 0.1) is 12.1 Å². The van der Waals surface area contributed by atoms with Crippen molar-refractivity contribution in [2.24, 2.45) is 0 Å². The Kier molecular flexibility index (Phi) is 6.46. The van der Waals surface area contributed by atoms with Gasteiger partial charge in [-0.3, -0.25) is 20.4 Å². The van der Waals surface area contributed by atoms with E-state index in [1.54, 1.807) is 24.3 Å². The van der Waals surface area contributed by atoms with E-state index in [2.05, 4.69) is 33.3 Å². The second-order valence-electron chi connectivity index (χ2n) is 6.40. The van der Waals surface area contributed by atoms with Crippen LogP contribution >= 0.6 is 0 Å². The highest BCUT2D eigenvalue weighted by Crippen LogP contribution is 2.09. The second kappa shape index (κ2) is 9.40. The van der Waals surface area contributed by atoms with Gasteiger partial charge in [0.25, 0.3) is 5.91 Å². The van der Waals surface area contributed by atoms with Crippen LogP contribution in [-0.4, -0.2) is 32.0 Å². The molecule has 2 N–H and O–H groups in total. The number of rotatable bonds is 7. The summed E-state index contributed by atoms with van der Waals surface area (Å²) in [6.07, 6.45) is 5.02. The molecule has 0 radical (unpaired) electrons. The third-order valence-electron chi connectivity index (χ3n) is 4.27. The molecule has 0 aliphatic rings. The van der Waals surface area contributed by atoms with Gasteiger partial charge in [-0.1, -0.05) is 37.6 Å². The number of unbranched alkanes of at least 4 members (excludes halogenated alkanes) is 1. The van der Waals surface area contributed by atoms with Crippen molar-refractivity contribution in [3.8, 4) is 5.69 Å². The predicted molar refractivity (Wildman–Crippen MR) is 104 cm³/mol. The van der Waals surface area contributed by atoms with Gasteiger partial charge in [-0.15, -0.1) is 5.10 Å². The Bertz CT molecular complexity index is 905. The fourth-order valence-corrected chi connectivity index (χ4v) is 2.68. The minimum absolute atomic E-state index is 0.201. The van der Waals surface area contributed by atoms with E-state index in [1.807, 2.05) is 24.3 Å². The van der Waals surface area contributed by atoms with Crippen LogP contribution in [0, 0.1) is 0 Å². The molecule has 0 fully saturated rings. The zero-order valence-corrected chi connectivity index (χ0v) is 15.6. The first-order valence-corrected chi connectivity index (χ1v) is 9.16. The molecule has 8 heteroatoms. The molecule has 1 aromatic heterocycles. The molecule has 0 aliphatic carbocycles. The van der Waals surface area contributed by atoms with Gasteiger partial charge in [0.1, 0.15) is 6.33 Å². The number of aromatic nitrogens is 4. The zero-order valence-electron chi connectivity index (χ0n) is 15.6. The van der Waals surface area contributed by atoms with Crippen molar-refractivity contribution in [3.63, 3.8) is 0 Å². The molecule has 0 aliphatic heterocycles. The number of hydrazine groups is 1. The summed E-state index contributed by atoms with van der Waals surface area (Å²) >= 11 is 0. The summed E-state index contributed by atoms with van der Waals surface area (Å²) in [4.78, 5) is 24.2. The Labute approximate surface area is 162 Å². The maximum atomic E-state index is 12.2. The van der Waals surface area contributed by atoms with Crippen LogP contribution in [0.1, 0.15) is 41.3 Å². The van der Waals surface area contributed by atoms with Crippen LogP contribution in [-0.2, 0) is 17.6 Å². The number of hydrogen-bond donors (Lipinski definition) is 2. The zero-order chi connectivity index (χ0) is 19.8. The summed E-state index contributed by atoms with van der Waals surface area (Å²) in [6.45, 7) is 2.16. The summed E-state index contributed by atoms with van der Waals surface area (Å²) < 4.78 is 1.48. The quantitative estimate of drug-likeness (QED) is 0.613. The third kappa shape index (κ3) is 5.23. The minimum Gasteiger partial charge on any atom is -0.273 e. The van der Waals surface area contributed by atoms with Gasteiger partial charge in [0, 0.05) is 5.56 Å². The summed E-state index contributed by atoms with van der Waals surface area (Å²) in [6, 6.07) is 14.7. The Hall–Kier alpha value is -3.55. The lowest BCUT2D eigenvalue weighted by Gasteiger charge is -2.08. The number of tetrazole rings is 1. The lowest BCUT2D eigenvalue weighted by molar-refractivity contribution is -0.121. The van der Waals surface area contributed by atoms with E-state index in [-0.39, 0.29) is 12.3 Å². The minimum atomic E-state index is -0.397. The lowest BCUT2D eigenvalue weighted by Crippen LogP contribution is -2.42. The number of aryl methyl sites for hydroxylation is 1. The topological polar surface area (TPSA) is 102 Å². The molecule has 2 amide bonds. The number of benzene rings is 2. The predicted octanol–water partition coefficient (Wildman–Crippen LogP) is 2.01. The molecular weight excluding hydrogens is 356 g/mol. The van der Waals surface area contributed by atoms with Crippen molar-refractivity contribution in [2.45, 2.75) is 32.6 Å². The van der Waals surface area contributed by atoms with Crippen molar-refractivity contribution in [2.75, 3.05) is 0 Å². The van der Waals surface area contributed by atoms with Gasteiger partial charge >= 0.3 is 0 Å². The summed E-state index contributed by atoms with van der Waals surface area (Å²) in [5.74, 6) is -0.675. The van der Waals surface area contributed by atoms with Crippen LogP contribution in [0.4, 0.5) is 0 Å². The third-order valence-corrected chi connectivity index (χ3v) is 4.27. The van der Waals surface area contributed by atoms with E-state index in [0.717, 1.165) is 30.5 Å². The molecule has 0 saturated carbocycles. The molecule has 0 bridgehead atoms. The summed E-state index contributed by atoms with van der Waals surface area (Å²) in [5.41, 5.74) is 8.18. The first-order chi connectivity index (χ1) is 13.7. The van der Waals surface area contributed by atoms with Crippen LogP contribution in [0.2, 0.25) is 0 Å². The van der Waals surface area contributed by atoms with Crippen LogP contribution in [0.5, 0.6) is 0 Å². The second-order valence-corrected chi connectivity index (χ2v) is 6.40. The molecule has 3 aromatic rings. The fourth-order valence-electron chi connectivity index (χ4n) is 2.68. The van der Waals surface area contributed by atoms with E-state index in [4.69, 9.17) is 0 Å². The first-order valence-electron chi connectivity index (χ1n) is 9.16. The molecule has 144 valence electrons. The Morgan fingerprint density at radius 3 is 2.32 bits per heavy atom. The molecule has 28 heavy (non-hydrogen) atoms. The Morgan fingerprint density at radius 2 is 1.68 bits per heavy atom. The van der Waals surface area contributed by atoms with E-state index >= 15 is 0 Å². The van der Waals surface area contributed by atoms with Crippen molar-refractivity contribution in [3.05, 3.63) is 71.5 Å². The van der Waals surface area contributed by atoms with Crippen LogP contribution in [0.15, 0.2) is 54.9 Å². The number of hydrogen-bond acceptors (Lipinski definition) is 5. The molecule has 0 spiro atoms. The number of carbonyl (C=O) groups is 2. The number of amides is 2. The highest BCUT2D eigenvalue weighted by molar-refractivity contribution is 5.95. The fraction of sp³-hybridized carbons (Fsp3) is 0.250. The van der Waals surface area contributed by atoms with Crippen LogP contribution in [0.3, 0.4) is 0 Å². The molecule has 2 aromatic carbocycles. The van der Waals surface area contributed by atoms with Crippen molar-refractivity contribution in [1.29, 1.82) is 0 Å². The smallest absolute Gasteiger partial charge is 0.269 e. The average molecular weight is 378 g/mol. The van der Waals surface area contributed by atoms with Crippen LogP contribution < -0.4 is 10.9 Å². The van der Waals surface area contributed by atoms with Crippen molar-refractivity contribution in [1.82, 2.24) is 31.1 Å². The highest BCUT2D eigenvalue weighted by Gasteiger charge is 2.09. The largest absolute Gasteiger partial charge is 0.273 e. The monoisotopic (exact) mass is 378 g/mol. The number of nitrogens with one attached hydrogen (secondary N) is 2. The van der Waals surface area contributed by atoms with Gasteiger partial charge in [-0.2, -0.15) is 0 Å². The number of carbonyl (C=O) groups excluding carboxylic acids is 2. The molecule has 1 heterocycles. The molecule has 0 atom stereocenters. The lowest BCUT2D eigenvalue weighted by atomic mass is 10.0. The Balaban J connectivity index is 1.48. The van der Waals surface area contributed by atoms with Gasteiger partial charge < -0.3 is 0 Å². The summed E-state index contributed by atoms with van der Waals surface area (Å²) in [5, 5.41) is 10.9. The number of nitrogens with zero attached hydrogens (tertiary/aromatic N) is 4. The van der Waals surface area contributed by atoms with Crippen molar-refractivity contribution >= 4 is 11.8 Å². The molecule has 8 nitrogen and oxygen atoms in total. The van der Waals surface area contributed by atoms with Crippen molar-refractivity contribution < 1.29 is 9.59 Å². The van der Waals surface area contributed by atoms with E-state index in [0.29, 0.717) is 5.56 Å². The van der Waals surface area contributed by atoms with E-state index in [1.165, 1.54) is 16.6 Å². The normalized spacial score (nSPS) is 10.5. The highest BCUT2D eigenvalue weighted by atomic mass is 16.2. The molecular formula is C20H22N6O2. The van der Waals surface area contributed by atoms with Gasteiger partial charge in [-0.05, 0) is 58.7 Å². The molecule has 0 unspecified atom stereocenters. The standard InChI is InChI=1S/C20H22N6O2/c1-2-3-4-15-5-7-16(8-6-15)13-19(27)22-23-20(28)17-9-11-18(12-10-17)26-14-21-24-25-26/h5-12,14H,2-4,13H2,1H3,(H,22,27)(H,23,28). The first kappa shape index (κ1) is 19.2. The van der Waals surface area contributed by atoms with Crippen LogP contribution in [0.25, 0.3) is 5.69 Å². The SMILES string of the molecule is CCCCc1ccc(CC(=O)NNC(=O)c2ccc(-n3cnnn3)cc2)cc1. The summed E-state index contributed by atoms with van der Waals surface area (Å²) in [7, 11) is 0. The average Bonchev–Trinajstić information content (AvgIpc) is 3.26. The Morgan fingerprint density at radius 1 is 0.964 bits per heavy atom. The maximum Gasteiger partial charge on any atom is 0.269 e. The molecule has 0 saturated heterocycles. The van der Waals surface area contributed by atoms with Gasteiger partial charge in [0.15, 0.2) is 0 Å². The van der Waals surface area contributed by atoms with Gasteiger partial charge in [0.2, 0.25) is 5.91 Å². The molecule has 3 rings (SSSR count). The van der Waals surface area contributed by atoms with E-state index < -0.39 is 5.91 Å². The van der Waals surface area contributed by atoms with E-state index in [9.17, 15) is 9.59 Å². The van der Waals surface area contributed by atoms with Gasteiger partial charge in [-0.25, -0.2) is 4.68 Å². The maximum absolute atomic E-state index is 12.2.